The number of methoxy groups -OCH3 is 3. The monoisotopic (exact) mass is 401 g/mol. The molecule has 1 aromatic carbocycles. The second-order valence-electron chi connectivity index (χ2n) is 6.86. The minimum Gasteiger partial charge on any atom is -0.493 e. The quantitative estimate of drug-likeness (QED) is 0.757. The first-order valence-corrected chi connectivity index (χ1v) is 9.39. The normalized spacial score (nSPS) is 13.2. The van der Waals surface area contributed by atoms with Crippen LogP contribution in [0.2, 0.25) is 0 Å². The van der Waals surface area contributed by atoms with Gasteiger partial charge in [-0.1, -0.05) is 0 Å². The van der Waals surface area contributed by atoms with E-state index in [1.54, 1.807) is 18.3 Å². The Hall–Kier alpha value is -3.23. The number of nitrogens with one attached hydrogen (secondary N) is 1. The van der Waals surface area contributed by atoms with Crippen molar-refractivity contribution in [1.29, 1.82) is 0 Å². The predicted octanol–water partition coefficient (Wildman–Crippen LogP) is 2.42. The highest BCUT2D eigenvalue weighted by molar-refractivity contribution is 6.06. The van der Waals surface area contributed by atoms with Gasteiger partial charge in [-0.25, -0.2) is 4.98 Å². The zero-order chi connectivity index (χ0) is 21.0. The van der Waals surface area contributed by atoms with Crippen LogP contribution in [0.1, 0.15) is 23.2 Å². The van der Waals surface area contributed by atoms with E-state index in [2.05, 4.69) is 20.2 Å². The summed E-state index contributed by atoms with van der Waals surface area (Å²) in [6.45, 7) is 1.90. The van der Waals surface area contributed by atoms with E-state index in [0.29, 0.717) is 40.3 Å². The Morgan fingerprint density at radius 2 is 1.69 bits per heavy atom. The van der Waals surface area contributed by atoms with Crippen molar-refractivity contribution in [1.82, 2.24) is 9.97 Å². The van der Waals surface area contributed by atoms with E-state index in [-0.39, 0.29) is 5.91 Å². The molecule has 1 amide bonds. The highest BCUT2D eigenvalue weighted by Crippen LogP contribution is 2.38. The molecule has 1 saturated heterocycles. The third kappa shape index (κ3) is 4.28. The van der Waals surface area contributed by atoms with E-state index >= 15 is 0 Å². The maximum absolute atomic E-state index is 12.9. The Kier molecular flexibility index (Phi) is 6.26. The van der Waals surface area contributed by atoms with E-state index in [1.165, 1.54) is 21.3 Å². The maximum atomic E-state index is 12.9. The summed E-state index contributed by atoms with van der Waals surface area (Å²) in [6, 6.07) is 3.21. The van der Waals surface area contributed by atoms with Gasteiger partial charge in [0.25, 0.3) is 5.91 Å². The molecule has 0 bridgehead atoms. The van der Waals surface area contributed by atoms with Crippen LogP contribution in [0.5, 0.6) is 17.2 Å². The smallest absolute Gasteiger partial charge is 0.256 e. The summed E-state index contributed by atoms with van der Waals surface area (Å²) in [7, 11) is 8.29. The minimum absolute atomic E-state index is 0.329. The van der Waals surface area contributed by atoms with Crippen LogP contribution in [-0.2, 0) is 0 Å². The molecule has 2 aromatic rings. The Morgan fingerprint density at radius 3 is 2.21 bits per heavy atom. The molecule has 9 nitrogen and oxygen atoms in total. The number of rotatable bonds is 7. The largest absolute Gasteiger partial charge is 0.493 e. The third-order valence-electron chi connectivity index (χ3n) is 4.74. The fourth-order valence-corrected chi connectivity index (χ4v) is 3.27. The zero-order valence-corrected chi connectivity index (χ0v) is 17.5. The van der Waals surface area contributed by atoms with Crippen molar-refractivity contribution in [2.24, 2.45) is 0 Å². The van der Waals surface area contributed by atoms with E-state index in [9.17, 15) is 4.79 Å². The van der Waals surface area contributed by atoms with Gasteiger partial charge in [0, 0.05) is 32.7 Å². The first kappa shape index (κ1) is 20.5. The van der Waals surface area contributed by atoms with Crippen molar-refractivity contribution >= 4 is 23.4 Å². The fraction of sp³-hybridized carbons (Fsp3) is 0.450. The van der Waals surface area contributed by atoms with Crippen LogP contribution in [0.25, 0.3) is 0 Å². The summed E-state index contributed by atoms with van der Waals surface area (Å²) in [6.07, 6.45) is 3.92. The van der Waals surface area contributed by atoms with Crippen molar-refractivity contribution in [3.05, 3.63) is 23.9 Å². The first-order chi connectivity index (χ1) is 14.0. The average Bonchev–Trinajstić information content (AvgIpc) is 3.27. The highest BCUT2D eigenvalue weighted by atomic mass is 16.5. The summed E-state index contributed by atoms with van der Waals surface area (Å²) in [4.78, 5) is 26.0. The topological polar surface area (TPSA) is 89.0 Å². The average molecular weight is 401 g/mol. The number of hydrogen-bond acceptors (Lipinski definition) is 8. The SMILES string of the molecule is COc1cc(C(=O)Nc2cnc(N3CCCC3)nc2N(C)C)cc(OC)c1OC. The van der Waals surface area contributed by atoms with Crippen molar-refractivity contribution in [2.45, 2.75) is 12.8 Å². The molecule has 29 heavy (non-hydrogen) atoms. The fourth-order valence-electron chi connectivity index (χ4n) is 3.27. The predicted molar refractivity (Wildman–Crippen MR) is 112 cm³/mol. The molecule has 1 aromatic heterocycles. The third-order valence-corrected chi connectivity index (χ3v) is 4.74. The molecule has 1 fully saturated rings. The summed E-state index contributed by atoms with van der Waals surface area (Å²) in [5.74, 6) is 2.24. The first-order valence-electron chi connectivity index (χ1n) is 9.39. The van der Waals surface area contributed by atoms with Crippen LogP contribution in [0.3, 0.4) is 0 Å². The lowest BCUT2D eigenvalue weighted by Crippen LogP contribution is -2.23. The molecule has 9 heteroatoms. The second-order valence-corrected chi connectivity index (χ2v) is 6.86. The second kappa shape index (κ2) is 8.85. The Morgan fingerprint density at radius 1 is 1.07 bits per heavy atom. The summed E-state index contributed by atoms with van der Waals surface area (Å²) < 4.78 is 16.0. The van der Waals surface area contributed by atoms with Crippen molar-refractivity contribution in [2.75, 3.05) is 63.6 Å². The molecule has 1 N–H and O–H groups in total. The molecule has 1 aliphatic rings. The minimum atomic E-state index is -0.329. The van der Waals surface area contributed by atoms with Gasteiger partial charge in [0.05, 0.1) is 27.5 Å². The van der Waals surface area contributed by atoms with E-state index in [1.807, 2.05) is 19.0 Å². The number of anilines is 3. The lowest BCUT2D eigenvalue weighted by molar-refractivity contribution is 0.102. The molecule has 0 atom stereocenters. The van der Waals surface area contributed by atoms with Crippen molar-refractivity contribution in [3.63, 3.8) is 0 Å². The summed E-state index contributed by atoms with van der Waals surface area (Å²) in [5.41, 5.74) is 0.893. The molecule has 0 unspecified atom stereocenters. The van der Waals surface area contributed by atoms with E-state index < -0.39 is 0 Å². The molecule has 3 rings (SSSR count). The lowest BCUT2D eigenvalue weighted by atomic mass is 10.1. The number of ether oxygens (including phenoxy) is 3. The van der Waals surface area contributed by atoms with Gasteiger partial charge in [-0.2, -0.15) is 4.98 Å². The number of benzene rings is 1. The van der Waals surface area contributed by atoms with E-state index in [4.69, 9.17) is 14.2 Å². The van der Waals surface area contributed by atoms with Crippen molar-refractivity contribution < 1.29 is 19.0 Å². The number of amides is 1. The molecular weight excluding hydrogens is 374 g/mol. The molecular formula is C20H27N5O4. The standard InChI is InChI=1S/C20H27N5O4/c1-24(2)18-14(12-21-20(23-18)25-8-6-7-9-25)22-19(26)13-10-15(27-3)17(29-5)16(11-13)28-4/h10-12H,6-9H2,1-5H3,(H,22,26). The number of aromatic nitrogens is 2. The van der Waals surface area contributed by atoms with Gasteiger partial charge < -0.3 is 29.3 Å². The Balaban J connectivity index is 1.90. The van der Waals surface area contributed by atoms with Crippen LogP contribution >= 0.6 is 0 Å². The number of hydrogen-bond donors (Lipinski definition) is 1. The number of carbonyl (C=O) groups excluding carboxylic acids is 1. The van der Waals surface area contributed by atoms with E-state index in [0.717, 1.165) is 25.9 Å². The summed E-state index contributed by atoms with van der Waals surface area (Å²) in [5, 5.41) is 2.89. The van der Waals surface area contributed by atoms with Crippen LogP contribution in [0.4, 0.5) is 17.5 Å². The van der Waals surface area contributed by atoms with Crippen LogP contribution < -0.4 is 29.3 Å². The molecule has 0 aliphatic carbocycles. The zero-order valence-electron chi connectivity index (χ0n) is 17.5. The van der Waals surface area contributed by atoms with Gasteiger partial charge in [0.15, 0.2) is 17.3 Å². The lowest BCUT2D eigenvalue weighted by Gasteiger charge is -2.21. The molecule has 2 heterocycles. The van der Waals surface area contributed by atoms with Crippen molar-refractivity contribution in [3.8, 4) is 17.2 Å². The van der Waals surface area contributed by atoms with Gasteiger partial charge in [0.2, 0.25) is 11.7 Å². The van der Waals surface area contributed by atoms with Crippen LogP contribution in [0, 0.1) is 0 Å². The Bertz CT molecular complexity index is 856. The summed E-state index contributed by atoms with van der Waals surface area (Å²) >= 11 is 0. The van der Waals surface area contributed by atoms with Gasteiger partial charge in [-0.3, -0.25) is 4.79 Å². The van der Waals surface area contributed by atoms with Gasteiger partial charge >= 0.3 is 0 Å². The highest BCUT2D eigenvalue weighted by Gasteiger charge is 2.21. The number of carbonyl (C=O) groups is 1. The van der Waals surface area contributed by atoms with Gasteiger partial charge in [-0.15, -0.1) is 0 Å². The molecule has 0 radical (unpaired) electrons. The van der Waals surface area contributed by atoms with Gasteiger partial charge in [-0.05, 0) is 25.0 Å². The molecule has 0 spiro atoms. The maximum Gasteiger partial charge on any atom is 0.256 e. The molecule has 156 valence electrons. The van der Waals surface area contributed by atoms with Crippen LogP contribution in [0.15, 0.2) is 18.3 Å². The Labute approximate surface area is 170 Å². The van der Waals surface area contributed by atoms with Crippen LogP contribution in [-0.4, -0.2) is 64.4 Å². The number of nitrogens with zero attached hydrogens (tertiary/aromatic N) is 4. The molecule has 0 saturated carbocycles. The molecule has 1 aliphatic heterocycles. The van der Waals surface area contributed by atoms with Gasteiger partial charge in [0.1, 0.15) is 5.69 Å².